The highest BCUT2D eigenvalue weighted by Gasteiger charge is 2.36. The summed E-state index contributed by atoms with van der Waals surface area (Å²) in [5.74, 6) is -2.39. The molecular weight excluding hydrogens is 711 g/mol. The molecule has 0 saturated carbocycles. The number of aromatic nitrogens is 1. The number of allylic oxidation sites excluding steroid dienone is 2. The van der Waals surface area contributed by atoms with E-state index >= 15 is 0 Å². The van der Waals surface area contributed by atoms with E-state index in [0.717, 1.165) is 5.56 Å². The van der Waals surface area contributed by atoms with E-state index in [1.807, 2.05) is 42.5 Å². The first-order valence-electron chi connectivity index (χ1n) is 15.5. The van der Waals surface area contributed by atoms with Crippen molar-refractivity contribution >= 4 is 84.5 Å². The number of Topliss-reactive ketones (excluding diaryl/α,β-unsaturated/α-hetero) is 4. The summed E-state index contributed by atoms with van der Waals surface area (Å²) in [4.78, 5) is 68.1. The van der Waals surface area contributed by atoms with E-state index in [1.54, 1.807) is 24.3 Å². The van der Waals surface area contributed by atoms with Gasteiger partial charge in [-0.05, 0) is 54.1 Å². The molecule has 8 rings (SSSR count). The van der Waals surface area contributed by atoms with Crippen LogP contribution in [0.4, 0.5) is 4.79 Å². The van der Waals surface area contributed by atoms with Crippen molar-refractivity contribution in [2.45, 2.75) is 6.61 Å². The van der Waals surface area contributed by atoms with Gasteiger partial charge >= 0.3 is 6.09 Å². The predicted molar refractivity (Wildman–Crippen MR) is 192 cm³/mol. The molecule has 53 heavy (non-hydrogen) atoms. The van der Waals surface area contributed by atoms with Crippen molar-refractivity contribution in [3.8, 4) is 24.3 Å². The highest BCUT2D eigenvalue weighted by Crippen LogP contribution is 2.43. The molecule has 0 radical (unpaired) electrons. The molecule has 248 valence electrons. The molecular formula is C40H15N5O6S2. The first-order valence-corrected chi connectivity index (χ1v) is 17.2. The number of thiophene rings is 2. The van der Waals surface area contributed by atoms with Crippen LogP contribution in [0.15, 0.2) is 77.9 Å². The quantitative estimate of drug-likeness (QED) is 0.130. The number of nitriles is 4. The van der Waals surface area contributed by atoms with Crippen LogP contribution in [0.5, 0.6) is 0 Å². The van der Waals surface area contributed by atoms with Crippen LogP contribution in [-0.2, 0) is 11.3 Å². The van der Waals surface area contributed by atoms with Crippen LogP contribution in [0.1, 0.15) is 79.0 Å². The Morgan fingerprint density at radius 1 is 0.604 bits per heavy atom. The minimum absolute atomic E-state index is 0.0203. The molecule has 0 spiro atoms. The van der Waals surface area contributed by atoms with E-state index < -0.39 is 29.2 Å². The van der Waals surface area contributed by atoms with Crippen LogP contribution in [0.2, 0.25) is 0 Å². The summed E-state index contributed by atoms with van der Waals surface area (Å²) < 4.78 is 8.26. The summed E-state index contributed by atoms with van der Waals surface area (Å²) in [6.07, 6.45) is 2.10. The SMILES string of the molecule is N#Cc1cc2c(cc1C#N)C(=O)C(=Cc1cc3c(s1)c1sc(C=C4C(=O)c5cc(C#N)c(C#N)cc5C4=O)cc1n3C(=O)OCc1ccccc1)C2=O. The van der Waals surface area contributed by atoms with Gasteiger partial charge in [0.2, 0.25) is 0 Å². The second-order valence-corrected chi connectivity index (χ2v) is 14.0. The van der Waals surface area contributed by atoms with Crippen molar-refractivity contribution in [2.24, 2.45) is 0 Å². The number of nitrogens with zero attached hydrogens (tertiary/aromatic N) is 5. The maximum absolute atomic E-state index is 13.8. The Balaban J connectivity index is 1.23. The van der Waals surface area contributed by atoms with Gasteiger partial charge in [-0.15, -0.1) is 22.7 Å². The Labute approximate surface area is 306 Å². The fourth-order valence-corrected chi connectivity index (χ4v) is 8.68. The minimum Gasteiger partial charge on any atom is -0.444 e. The molecule has 2 aliphatic rings. The van der Waals surface area contributed by atoms with Crippen molar-refractivity contribution in [3.63, 3.8) is 0 Å². The summed E-state index contributed by atoms with van der Waals surface area (Å²) >= 11 is 2.40. The summed E-state index contributed by atoms with van der Waals surface area (Å²) in [7, 11) is 0. The Morgan fingerprint density at radius 3 is 1.34 bits per heavy atom. The highest BCUT2D eigenvalue weighted by molar-refractivity contribution is 7.28. The maximum Gasteiger partial charge on any atom is 0.419 e. The molecule has 6 aromatic rings. The smallest absolute Gasteiger partial charge is 0.419 e. The molecule has 3 aromatic heterocycles. The van der Waals surface area contributed by atoms with Crippen molar-refractivity contribution in [1.82, 2.24) is 4.57 Å². The number of carbonyl (C=O) groups excluding carboxylic acids is 5. The molecule has 0 amide bonds. The Hall–Kier alpha value is -7.55. The molecule has 3 heterocycles. The lowest BCUT2D eigenvalue weighted by Crippen LogP contribution is -2.13. The average molecular weight is 726 g/mol. The summed E-state index contributed by atoms with van der Waals surface area (Å²) in [6.45, 7) is -0.0316. The minimum atomic E-state index is -0.718. The van der Waals surface area contributed by atoms with Gasteiger partial charge in [-0.25, -0.2) is 9.36 Å². The summed E-state index contributed by atoms with van der Waals surface area (Å²) in [5, 5.41) is 37.7. The maximum atomic E-state index is 13.8. The molecule has 0 unspecified atom stereocenters. The van der Waals surface area contributed by atoms with Crippen LogP contribution in [0.25, 0.3) is 32.6 Å². The van der Waals surface area contributed by atoms with Gasteiger partial charge in [0, 0.05) is 32.0 Å². The van der Waals surface area contributed by atoms with E-state index in [-0.39, 0.29) is 62.3 Å². The third kappa shape index (κ3) is 5.09. The number of fused-ring (bicyclic) bond motifs is 5. The lowest BCUT2D eigenvalue weighted by Gasteiger charge is -2.07. The molecule has 3 aromatic carbocycles. The zero-order chi connectivity index (χ0) is 37.1. The van der Waals surface area contributed by atoms with Gasteiger partial charge in [0.1, 0.15) is 30.9 Å². The standard InChI is InChI=1S/C40H15N5O6S2/c41-14-20-6-26-27(7-21(20)15-42)35(47)30(34(26)46)10-24-12-32-38(52-24)39-33(45(32)40(50)51-18-19-4-2-1-3-5-19)13-25(53-39)11-31-36(48)28-8-22(16-43)23(17-44)9-29(28)37(31)49/h1-13H,18H2. The number of hydrogen-bond acceptors (Lipinski definition) is 12. The molecule has 0 atom stereocenters. The van der Waals surface area contributed by atoms with Crippen molar-refractivity contribution < 1.29 is 28.7 Å². The summed E-state index contributed by atoms with van der Waals surface area (Å²) in [5.41, 5.74) is 1.31. The lowest BCUT2D eigenvalue weighted by atomic mass is 10.0. The molecule has 0 saturated heterocycles. The zero-order valence-corrected chi connectivity index (χ0v) is 28.3. The van der Waals surface area contributed by atoms with Crippen LogP contribution in [-0.4, -0.2) is 33.8 Å². The van der Waals surface area contributed by atoms with Gasteiger partial charge in [-0.2, -0.15) is 21.0 Å². The number of hydrogen-bond donors (Lipinski definition) is 0. The molecule has 0 aliphatic heterocycles. The molecule has 13 heteroatoms. The van der Waals surface area contributed by atoms with Gasteiger partial charge in [0.15, 0.2) is 23.1 Å². The molecule has 0 bridgehead atoms. The molecule has 0 N–H and O–H groups in total. The average Bonchev–Trinajstić information content (AvgIpc) is 3.95. The van der Waals surface area contributed by atoms with Crippen molar-refractivity contribution in [2.75, 3.05) is 0 Å². The van der Waals surface area contributed by atoms with E-state index in [9.17, 15) is 45.0 Å². The predicted octanol–water partition coefficient (Wildman–Crippen LogP) is 7.51. The van der Waals surface area contributed by atoms with Crippen molar-refractivity contribution in [1.29, 1.82) is 21.0 Å². The van der Waals surface area contributed by atoms with Gasteiger partial charge in [-0.3, -0.25) is 19.2 Å². The van der Waals surface area contributed by atoms with E-state index in [4.69, 9.17) is 4.74 Å². The Kier molecular flexibility index (Phi) is 7.60. The first kappa shape index (κ1) is 32.6. The Bertz CT molecular complexity index is 2700. The molecule has 0 fully saturated rings. The van der Waals surface area contributed by atoms with Crippen LogP contribution in [0, 0.1) is 45.3 Å². The van der Waals surface area contributed by atoms with Crippen LogP contribution < -0.4 is 0 Å². The molecule has 11 nitrogen and oxygen atoms in total. The van der Waals surface area contributed by atoms with E-state index in [1.165, 1.54) is 63.7 Å². The number of ketones is 4. The fraction of sp³-hybridized carbons (Fsp3) is 0.0250. The van der Waals surface area contributed by atoms with E-state index in [0.29, 0.717) is 30.2 Å². The number of benzene rings is 3. The summed E-state index contributed by atoms with van der Waals surface area (Å²) in [6, 6.07) is 24.8. The van der Waals surface area contributed by atoms with Gasteiger partial charge in [-0.1, -0.05) is 30.3 Å². The number of ether oxygens (including phenoxy) is 1. The number of carbonyl (C=O) groups is 5. The highest BCUT2D eigenvalue weighted by atomic mass is 32.1. The van der Waals surface area contributed by atoms with Gasteiger partial charge in [0.25, 0.3) is 0 Å². The zero-order valence-electron chi connectivity index (χ0n) is 26.7. The largest absolute Gasteiger partial charge is 0.444 e. The third-order valence-corrected chi connectivity index (χ3v) is 11.2. The monoisotopic (exact) mass is 725 g/mol. The second-order valence-electron chi connectivity index (χ2n) is 11.9. The lowest BCUT2D eigenvalue weighted by molar-refractivity contribution is 0.0975. The number of rotatable bonds is 4. The first-order chi connectivity index (χ1) is 25.6. The third-order valence-electron chi connectivity index (χ3n) is 8.87. The van der Waals surface area contributed by atoms with Gasteiger partial charge < -0.3 is 4.74 Å². The van der Waals surface area contributed by atoms with Crippen LogP contribution in [0.3, 0.4) is 0 Å². The van der Waals surface area contributed by atoms with Crippen molar-refractivity contribution in [3.05, 3.63) is 138 Å². The second kappa shape index (κ2) is 12.3. The van der Waals surface area contributed by atoms with Crippen LogP contribution >= 0.6 is 22.7 Å². The van der Waals surface area contributed by atoms with Gasteiger partial charge in [0.05, 0.1) is 53.8 Å². The normalized spacial score (nSPS) is 13.1. The Morgan fingerprint density at radius 2 is 0.981 bits per heavy atom. The molecule has 2 aliphatic carbocycles. The fourth-order valence-electron chi connectivity index (χ4n) is 6.36. The topological polar surface area (TPSA) is 195 Å². The van der Waals surface area contributed by atoms with E-state index in [2.05, 4.69) is 0 Å².